The Kier molecular flexibility index (Phi) is 10.8. The van der Waals surface area contributed by atoms with Crippen molar-refractivity contribution in [1.29, 1.82) is 0 Å². The molecule has 0 bridgehead atoms. The van der Waals surface area contributed by atoms with Crippen molar-refractivity contribution in [2.45, 2.75) is 6.42 Å². The fraction of sp³-hybridized carbons (Fsp3) is 0.125. The predicted molar refractivity (Wildman–Crippen MR) is 40.4 cm³/mol. The van der Waals surface area contributed by atoms with Crippen LogP contribution in [0.1, 0.15) is 6.42 Å². The average Bonchev–Trinajstić information content (AvgIpc) is 1.94. The third-order valence-electron chi connectivity index (χ3n) is 0.872. The van der Waals surface area contributed by atoms with E-state index in [4.69, 9.17) is 5.73 Å². The van der Waals surface area contributed by atoms with Crippen LogP contribution in [0.2, 0.25) is 0 Å². The fourth-order valence-corrected chi connectivity index (χ4v) is 0.478. The zero-order chi connectivity index (χ0) is 5.82. The quantitative estimate of drug-likeness (QED) is 0.404. The molecule has 0 saturated heterocycles. The Hall–Kier alpha value is 0.892. The molecule has 0 atom stereocenters. The van der Waals surface area contributed by atoms with E-state index >= 15 is 0 Å². The van der Waals surface area contributed by atoms with Crippen LogP contribution in [0.4, 0.5) is 0 Å². The van der Waals surface area contributed by atoms with Crippen LogP contribution in [-0.2, 0) is 0 Å². The van der Waals surface area contributed by atoms with Crippen LogP contribution in [0.15, 0.2) is 23.9 Å². The first kappa shape index (κ1) is 13.5. The van der Waals surface area contributed by atoms with E-state index in [1.165, 1.54) is 0 Å². The normalized spacial score (nSPS) is 12.6. The molecule has 0 saturated carbocycles. The summed E-state index contributed by atoms with van der Waals surface area (Å²) in [7, 11) is 0. The Morgan fingerprint density at radius 1 is 1.50 bits per heavy atom. The van der Waals surface area contributed by atoms with Gasteiger partial charge in [0.15, 0.2) is 0 Å². The third-order valence-corrected chi connectivity index (χ3v) is 0.872. The van der Waals surface area contributed by atoms with Gasteiger partial charge in [-0.05, 0) is 6.08 Å². The van der Waals surface area contributed by atoms with Gasteiger partial charge in [-0.2, -0.15) is 0 Å². The van der Waals surface area contributed by atoms with Crippen molar-refractivity contribution in [3.63, 3.8) is 0 Å². The van der Waals surface area contributed by atoms with Gasteiger partial charge in [0.25, 0.3) is 0 Å². The molecule has 0 amide bonds. The predicted octanol–water partition coefficient (Wildman–Crippen LogP) is -0.660. The topological polar surface area (TPSA) is 23.8 Å². The molecule has 0 aliphatic heterocycles. The van der Waals surface area contributed by atoms with Gasteiger partial charge in [-0.1, -0.05) is 24.0 Å². The molecule has 0 aromatic rings. The van der Waals surface area contributed by atoms with Crippen LogP contribution in [0.25, 0.3) is 5.73 Å². The maximum Gasteiger partial charge on any atom is 1.00 e. The molecule has 0 unspecified atom stereocenters. The molecule has 1 nitrogen and oxygen atoms in total. The first-order valence-corrected chi connectivity index (χ1v) is 2.46. The number of allylic oxidation sites excluding steroid dienone is 3. The van der Waals surface area contributed by atoms with E-state index in [0.29, 0.717) is 12.1 Å². The molecule has 0 radical (unpaired) electrons. The van der Waals surface area contributed by atoms with Gasteiger partial charge in [0.05, 0.1) is 0 Å². The molecule has 1 aliphatic carbocycles. The van der Waals surface area contributed by atoms with E-state index in [1.807, 2.05) is 0 Å². The average molecular weight is 252 g/mol. The van der Waals surface area contributed by atoms with Gasteiger partial charge < -0.3 is 13.2 Å². The van der Waals surface area contributed by atoms with E-state index in [0.717, 1.165) is 0 Å². The molecule has 0 aromatic carbocycles. The second-order valence-electron chi connectivity index (χ2n) is 1.52. The Labute approximate surface area is 122 Å². The van der Waals surface area contributed by atoms with Crippen LogP contribution in [0, 0.1) is 19.3 Å². The Balaban J connectivity index is 0. The summed E-state index contributed by atoms with van der Waals surface area (Å²) < 4.78 is 0. The summed E-state index contributed by atoms with van der Waals surface area (Å²) in [5.74, 6) is 5.62. The minimum Gasteiger partial charge on any atom is -0.699 e. The molecule has 48 valence electrons. The SMILES string of the molecule is [CH3-].[Cs+].[NH-]C1=CCC#CC=C1. The Morgan fingerprint density at radius 3 is 2.90 bits per heavy atom. The van der Waals surface area contributed by atoms with Crippen LogP contribution < -0.4 is 68.9 Å². The second kappa shape index (κ2) is 7.99. The van der Waals surface area contributed by atoms with Crippen molar-refractivity contribution in [3.8, 4) is 11.8 Å². The first-order valence-electron chi connectivity index (χ1n) is 2.46. The first-order chi connectivity index (χ1) is 3.89. The number of nitrogens with one attached hydrogen (secondary N) is 1. The minimum absolute atomic E-state index is 0. The largest absolute Gasteiger partial charge is 1.00 e. The minimum atomic E-state index is 0. The van der Waals surface area contributed by atoms with Crippen LogP contribution in [0.3, 0.4) is 0 Å². The zero-order valence-electron chi connectivity index (χ0n) is 6.44. The molecule has 0 spiro atoms. The molecule has 1 N–H and O–H groups in total. The summed E-state index contributed by atoms with van der Waals surface area (Å²) in [6.07, 6.45) is 5.90. The van der Waals surface area contributed by atoms with E-state index in [-0.39, 0.29) is 76.3 Å². The Bertz CT molecular complexity index is 193. The van der Waals surface area contributed by atoms with Gasteiger partial charge in [-0.3, -0.25) is 0 Å². The van der Waals surface area contributed by atoms with Crippen molar-refractivity contribution in [2.75, 3.05) is 0 Å². The van der Waals surface area contributed by atoms with E-state index in [1.54, 1.807) is 18.2 Å². The smallest absolute Gasteiger partial charge is 0.699 e. The summed E-state index contributed by atoms with van der Waals surface area (Å²) in [4.78, 5) is 0. The summed E-state index contributed by atoms with van der Waals surface area (Å²) in [5, 5.41) is 0. The molecule has 0 aromatic heterocycles. The van der Waals surface area contributed by atoms with Crippen LogP contribution >= 0.6 is 0 Å². The maximum absolute atomic E-state index is 7.11. The molecule has 10 heavy (non-hydrogen) atoms. The molecule has 1 rings (SSSR count). The molecule has 1 aliphatic rings. The fourth-order valence-electron chi connectivity index (χ4n) is 0.478. The number of hydrogen-bond acceptors (Lipinski definition) is 0. The van der Waals surface area contributed by atoms with Crippen LogP contribution in [0.5, 0.6) is 0 Å². The standard InChI is InChI=1S/C7H6N.CH3.Cs/c8-7-5-3-1-2-4-6-7;;/h3,5-6,8H,4H2;1H3;/q2*-1;+1. The number of rotatable bonds is 0. The van der Waals surface area contributed by atoms with Crippen molar-refractivity contribution >= 4 is 0 Å². The molecule has 0 heterocycles. The van der Waals surface area contributed by atoms with Gasteiger partial charge in [-0.25, -0.2) is 0 Å². The van der Waals surface area contributed by atoms with Gasteiger partial charge >= 0.3 is 68.9 Å². The molecular formula is C8H9CsN-. The van der Waals surface area contributed by atoms with E-state index in [2.05, 4.69) is 11.8 Å². The van der Waals surface area contributed by atoms with Gasteiger partial charge in [-0.15, -0.1) is 5.70 Å². The monoisotopic (exact) mass is 252 g/mol. The molecular weight excluding hydrogens is 243 g/mol. The van der Waals surface area contributed by atoms with E-state index in [9.17, 15) is 0 Å². The van der Waals surface area contributed by atoms with Crippen LogP contribution in [-0.4, -0.2) is 0 Å². The summed E-state index contributed by atoms with van der Waals surface area (Å²) >= 11 is 0. The Morgan fingerprint density at radius 2 is 2.20 bits per heavy atom. The summed E-state index contributed by atoms with van der Waals surface area (Å²) in [5.41, 5.74) is 7.65. The van der Waals surface area contributed by atoms with Crippen molar-refractivity contribution in [2.24, 2.45) is 0 Å². The van der Waals surface area contributed by atoms with Crippen molar-refractivity contribution in [3.05, 3.63) is 37.1 Å². The molecule has 0 fully saturated rings. The maximum atomic E-state index is 7.11. The van der Waals surface area contributed by atoms with Gasteiger partial charge in [0, 0.05) is 6.42 Å². The number of hydrogen-bond donors (Lipinski definition) is 0. The molecule has 2 heteroatoms. The van der Waals surface area contributed by atoms with Crippen molar-refractivity contribution < 1.29 is 68.9 Å². The van der Waals surface area contributed by atoms with Crippen molar-refractivity contribution in [1.82, 2.24) is 0 Å². The summed E-state index contributed by atoms with van der Waals surface area (Å²) in [6.45, 7) is 0. The zero-order valence-corrected chi connectivity index (χ0v) is 12.7. The third kappa shape index (κ3) is 5.66. The summed E-state index contributed by atoms with van der Waals surface area (Å²) in [6, 6.07) is 0. The van der Waals surface area contributed by atoms with Gasteiger partial charge in [0.1, 0.15) is 0 Å². The van der Waals surface area contributed by atoms with Gasteiger partial charge in [0.2, 0.25) is 0 Å². The van der Waals surface area contributed by atoms with E-state index < -0.39 is 0 Å². The second-order valence-corrected chi connectivity index (χ2v) is 1.52.